The number of amides is 1. The molecule has 0 N–H and O–H groups in total. The number of fused-ring (bicyclic) bond motifs is 1. The van der Waals surface area contributed by atoms with E-state index >= 15 is 0 Å². The van der Waals surface area contributed by atoms with Gasteiger partial charge in [0.25, 0.3) is 5.91 Å². The molecule has 1 aromatic heterocycles. The number of methoxy groups -OCH3 is 1. The van der Waals surface area contributed by atoms with Crippen LogP contribution in [0.1, 0.15) is 48.1 Å². The highest BCUT2D eigenvalue weighted by Crippen LogP contribution is 2.32. The average molecular weight is 320 g/mol. The van der Waals surface area contributed by atoms with E-state index in [2.05, 4.69) is 11.2 Å². The van der Waals surface area contributed by atoms with Crippen molar-refractivity contribution in [3.8, 4) is 6.07 Å². The fourth-order valence-electron chi connectivity index (χ4n) is 2.87. The number of hydrogen-bond donors (Lipinski definition) is 0. The maximum atomic E-state index is 12.9. The highest BCUT2D eigenvalue weighted by molar-refractivity contribution is 5.94. The molecule has 0 unspecified atom stereocenters. The Balaban J connectivity index is 2.38. The second kappa shape index (κ2) is 7.57. The van der Waals surface area contributed by atoms with Crippen molar-refractivity contribution in [2.24, 2.45) is 0 Å². The second-order valence-electron chi connectivity index (χ2n) is 5.86. The molecule has 0 aliphatic carbocycles. The largest absolute Gasteiger partial charge is 0.383 e. The van der Waals surface area contributed by atoms with Gasteiger partial charge in [-0.05, 0) is 13.8 Å². The molecule has 7 nitrogen and oxygen atoms in total. The van der Waals surface area contributed by atoms with Crippen molar-refractivity contribution in [1.82, 2.24) is 14.7 Å². The topological polar surface area (TPSA) is 80.4 Å². The van der Waals surface area contributed by atoms with Crippen LogP contribution in [0, 0.1) is 11.3 Å². The summed E-state index contributed by atoms with van der Waals surface area (Å²) in [6.07, 6.45) is 0.897. The van der Waals surface area contributed by atoms with Crippen LogP contribution in [-0.4, -0.2) is 54.0 Å². The quantitative estimate of drug-likeness (QED) is 0.794. The summed E-state index contributed by atoms with van der Waals surface area (Å²) in [6.45, 7) is 5.35. The zero-order valence-corrected chi connectivity index (χ0v) is 14.2. The molecule has 0 bridgehead atoms. The van der Waals surface area contributed by atoms with Crippen LogP contribution in [0.3, 0.4) is 0 Å². The Hall–Kier alpha value is -1.91. The molecule has 0 fully saturated rings. The summed E-state index contributed by atoms with van der Waals surface area (Å²) >= 11 is 0. The van der Waals surface area contributed by atoms with Crippen molar-refractivity contribution >= 4 is 5.91 Å². The first kappa shape index (κ1) is 17.4. The SMILES string of the molecule is COCCn1nc2c(c1C(=O)N(C)CCC#N)C[C@H](C)O[C@@H]2C. The molecule has 1 aliphatic heterocycles. The number of aromatic nitrogens is 2. The zero-order valence-electron chi connectivity index (χ0n) is 14.2. The van der Waals surface area contributed by atoms with Crippen LogP contribution in [-0.2, 0) is 22.4 Å². The third-order valence-corrected chi connectivity index (χ3v) is 4.01. The molecule has 0 radical (unpaired) electrons. The summed E-state index contributed by atoms with van der Waals surface area (Å²) < 4.78 is 12.7. The molecular weight excluding hydrogens is 296 g/mol. The average Bonchev–Trinajstić information content (AvgIpc) is 2.88. The number of carbonyl (C=O) groups excluding carboxylic acids is 1. The first-order valence-corrected chi connectivity index (χ1v) is 7.86. The maximum absolute atomic E-state index is 12.9. The standard InChI is InChI=1S/C16H24N4O3/c1-11-10-13-14(12(2)23-11)18-20(8-9-22-4)15(13)16(21)19(3)7-5-6-17/h11-12H,5,7-10H2,1-4H3/t11-,12+/m0/s1. The fourth-order valence-corrected chi connectivity index (χ4v) is 2.87. The van der Waals surface area contributed by atoms with E-state index in [9.17, 15) is 4.79 Å². The van der Waals surface area contributed by atoms with E-state index in [0.717, 1.165) is 11.3 Å². The minimum Gasteiger partial charge on any atom is -0.383 e. The van der Waals surface area contributed by atoms with Crippen LogP contribution in [0.4, 0.5) is 0 Å². The summed E-state index contributed by atoms with van der Waals surface area (Å²) in [5.74, 6) is -0.105. The van der Waals surface area contributed by atoms with Crippen LogP contribution in [0.5, 0.6) is 0 Å². The molecule has 2 rings (SSSR count). The van der Waals surface area contributed by atoms with Crippen molar-refractivity contribution in [3.05, 3.63) is 17.0 Å². The molecule has 0 spiro atoms. The summed E-state index contributed by atoms with van der Waals surface area (Å²) in [4.78, 5) is 14.4. The molecule has 126 valence electrons. The van der Waals surface area contributed by atoms with E-state index in [1.807, 2.05) is 13.8 Å². The number of nitrogens with zero attached hydrogens (tertiary/aromatic N) is 4. The Labute approximate surface area is 136 Å². The molecule has 1 aromatic rings. The van der Waals surface area contributed by atoms with Gasteiger partial charge in [0.2, 0.25) is 0 Å². The van der Waals surface area contributed by atoms with E-state index in [1.165, 1.54) is 0 Å². The lowest BCUT2D eigenvalue weighted by molar-refractivity contribution is -0.00719. The number of carbonyl (C=O) groups is 1. The molecule has 2 heterocycles. The van der Waals surface area contributed by atoms with Gasteiger partial charge in [-0.2, -0.15) is 10.4 Å². The van der Waals surface area contributed by atoms with Crippen LogP contribution < -0.4 is 0 Å². The smallest absolute Gasteiger partial charge is 0.272 e. The third-order valence-electron chi connectivity index (χ3n) is 4.01. The van der Waals surface area contributed by atoms with Gasteiger partial charge in [0.15, 0.2) is 0 Å². The van der Waals surface area contributed by atoms with Crippen LogP contribution in [0.15, 0.2) is 0 Å². The van der Waals surface area contributed by atoms with Gasteiger partial charge in [-0.15, -0.1) is 0 Å². The normalized spacial score (nSPS) is 20.0. The number of nitriles is 1. The first-order chi connectivity index (χ1) is 11.0. The van der Waals surface area contributed by atoms with Gasteiger partial charge < -0.3 is 14.4 Å². The lowest BCUT2D eigenvalue weighted by Gasteiger charge is -2.25. The second-order valence-corrected chi connectivity index (χ2v) is 5.86. The lowest BCUT2D eigenvalue weighted by Crippen LogP contribution is -2.32. The first-order valence-electron chi connectivity index (χ1n) is 7.86. The fraction of sp³-hybridized carbons (Fsp3) is 0.688. The van der Waals surface area contributed by atoms with Crippen LogP contribution in [0.25, 0.3) is 0 Å². The van der Waals surface area contributed by atoms with E-state index in [4.69, 9.17) is 14.7 Å². The molecule has 2 atom stereocenters. The summed E-state index contributed by atoms with van der Waals surface area (Å²) in [7, 11) is 3.34. The van der Waals surface area contributed by atoms with Crippen molar-refractivity contribution in [2.75, 3.05) is 27.3 Å². The highest BCUT2D eigenvalue weighted by atomic mass is 16.5. The summed E-state index contributed by atoms with van der Waals surface area (Å²) in [5, 5.41) is 13.3. The van der Waals surface area contributed by atoms with Crippen molar-refractivity contribution in [3.63, 3.8) is 0 Å². The van der Waals surface area contributed by atoms with Gasteiger partial charge in [0.05, 0.1) is 43.5 Å². The van der Waals surface area contributed by atoms with Gasteiger partial charge in [-0.25, -0.2) is 0 Å². The van der Waals surface area contributed by atoms with Crippen molar-refractivity contribution in [1.29, 1.82) is 5.26 Å². The number of hydrogen-bond acceptors (Lipinski definition) is 5. The van der Waals surface area contributed by atoms with Crippen LogP contribution in [0.2, 0.25) is 0 Å². The number of rotatable bonds is 6. The third kappa shape index (κ3) is 3.71. The van der Waals surface area contributed by atoms with Crippen molar-refractivity contribution in [2.45, 2.75) is 45.4 Å². The molecule has 23 heavy (non-hydrogen) atoms. The predicted molar refractivity (Wildman–Crippen MR) is 84.0 cm³/mol. The Morgan fingerprint density at radius 3 is 2.96 bits per heavy atom. The molecular formula is C16H24N4O3. The molecule has 0 aromatic carbocycles. The molecule has 0 saturated heterocycles. The van der Waals surface area contributed by atoms with Gasteiger partial charge in [-0.1, -0.05) is 0 Å². The predicted octanol–water partition coefficient (Wildman–Crippen LogP) is 1.54. The molecule has 1 aliphatic rings. The minimum absolute atomic E-state index is 0.0496. The summed E-state index contributed by atoms with van der Waals surface area (Å²) in [6, 6.07) is 2.07. The van der Waals surface area contributed by atoms with E-state index in [1.54, 1.807) is 23.7 Å². The molecule has 7 heteroatoms. The van der Waals surface area contributed by atoms with Crippen molar-refractivity contribution < 1.29 is 14.3 Å². The number of ether oxygens (including phenoxy) is 2. The lowest BCUT2D eigenvalue weighted by atomic mass is 9.99. The Kier molecular flexibility index (Phi) is 5.74. The Bertz CT molecular complexity index is 605. The van der Waals surface area contributed by atoms with E-state index in [0.29, 0.717) is 38.2 Å². The van der Waals surface area contributed by atoms with E-state index < -0.39 is 0 Å². The molecule has 1 amide bonds. The highest BCUT2D eigenvalue weighted by Gasteiger charge is 2.32. The Morgan fingerprint density at radius 1 is 1.57 bits per heavy atom. The molecule has 0 saturated carbocycles. The van der Waals surface area contributed by atoms with E-state index in [-0.39, 0.29) is 18.1 Å². The van der Waals surface area contributed by atoms with Gasteiger partial charge >= 0.3 is 0 Å². The maximum Gasteiger partial charge on any atom is 0.272 e. The summed E-state index contributed by atoms with van der Waals surface area (Å²) in [5.41, 5.74) is 2.39. The van der Waals surface area contributed by atoms with Gasteiger partial charge in [0.1, 0.15) is 5.69 Å². The van der Waals surface area contributed by atoms with Crippen LogP contribution >= 0.6 is 0 Å². The van der Waals surface area contributed by atoms with Gasteiger partial charge in [0, 0.05) is 32.7 Å². The van der Waals surface area contributed by atoms with Gasteiger partial charge in [-0.3, -0.25) is 9.48 Å². The minimum atomic E-state index is -0.131. The zero-order chi connectivity index (χ0) is 17.0. The monoisotopic (exact) mass is 320 g/mol. The Morgan fingerprint density at radius 2 is 2.30 bits per heavy atom.